The van der Waals surface area contributed by atoms with E-state index in [0.717, 1.165) is 35.2 Å². The topological polar surface area (TPSA) is 66.5 Å². The first-order valence-corrected chi connectivity index (χ1v) is 15.1. The van der Waals surface area contributed by atoms with Crippen molar-refractivity contribution in [1.29, 1.82) is 0 Å². The highest BCUT2D eigenvalue weighted by atomic mass is 35.5. The molecule has 204 valence electrons. The minimum Gasteiger partial charge on any atom is -0.352 e. The first-order chi connectivity index (χ1) is 19.9. The number of ketones is 2. The predicted molar refractivity (Wildman–Crippen MR) is 164 cm³/mol. The predicted octanol–water partition coefficient (Wildman–Crippen LogP) is 7.21. The lowest BCUT2D eigenvalue weighted by molar-refractivity contribution is -0.121. The van der Waals surface area contributed by atoms with Gasteiger partial charge >= 0.3 is 0 Å². The van der Waals surface area contributed by atoms with Crippen molar-refractivity contribution in [2.45, 2.75) is 37.3 Å². The van der Waals surface area contributed by atoms with Crippen LogP contribution in [0.4, 0.5) is 11.4 Å². The highest BCUT2D eigenvalue weighted by Crippen LogP contribution is 2.58. The Labute approximate surface area is 247 Å². The van der Waals surface area contributed by atoms with Gasteiger partial charge in [-0.1, -0.05) is 85.6 Å². The number of thiophene rings is 1. The van der Waals surface area contributed by atoms with Crippen molar-refractivity contribution in [3.05, 3.63) is 122 Å². The molecule has 0 bridgehead atoms. The van der Waals surface area contributed by atoms with E-state index in [4.69, 9.17) is 11.6 Å². The Bertz CT molecular complexity index is 1730. The minimum atomic E-state index is -1.32. The normalized spacial score (nSPS) is 23.7. The van der Waals surface area contributed by atoms with Gasteiger partial charge in [0.2, 0.25) is 5.91 Å². The molecule has 3 aromatic carbocycles. The molecule has 1 amide bonds. The molecule has 7 rings (SSSR count). The molecule has 4 atom stereocenters. The molecular formula is C34H27ClN2O3S. The first-order valence-electron chi connectivity index (χ1n) is 13.8. The SMILES string of the molecule is CCCc1ccc(C(=O)[C@@H]2[C@H](C(=O)c3cccs3)N3c4ccc(Cl)cc4C=C[C@@H]3[C@]23C(=O)Nc2ccccc23)cc1. The van der Waals surface area contributed by atoms with Crippen molar-refractivity contribution in [3.63, 3.8) is 0 Å². The van der Waals surface area contributed by atoms with Crippen LogP contribution in [-0.4, -0.2) is 29.6 Å². The number of hydrogen-bond acceptors (Lipinski definition) is 5. The number of carbonyl (C=O) groups is 3. The van der Waals surface area contributed by atoms with Crippen LogP contribution >= 0.6 is 22.9 Å². The Morgan fingerprint density at radius 1 is 1.00 bits per heavy atom. The summed E-state index contributed by atoms with van der Waals surface area (Å²) < 4.78 is 0. The maximum absolute atomic E-state index is 14.8. The van der Waals surface area contributed by atoms with Gasteiger partial charge in [-0.25, -0.2) is 0 Å². The lowest BCUT2D eigenvalue weighted by Crippen LogP contribution is -2.51. The average molecular weight is 579 g/mol. The van der Waals surface area contributed by atoms with E-state index in [1.165, 1.54) is 11.3 Å². The molecule has 1 fully saturated rings. The summed E-state index contributed by atoms with van der Waals surface area (Å²) in [4.78, 5) is 46.3. The maximum Gasteiger partial charge on any atom is 0.238 e. The summed E-state index contributed by atoms with van der Waals surface area (Å²) in [5.41, 5.74) is 3.36. The molecule has 4 aromatic rings. The summed E-state index contributed by atoms with van der Waals surface area (Å²) in [6.07, 6.45) is 5.83. The zero-order valence-electron chi connectivity index (χ0n) is 22.3. The largest absolute Gasteiger partial charge is 0.352 e. The van der Waals surface area contributed by atoms with Crippen LogP contribution in [-0.2, 0) is 16.6 Å². The standard InChI is InChI=1S/C34H27ClN2O3S/c1-2-6-20-10-12-21(13-11-20)31(38)29-30(32(39)27-9-5-18-41-27)37-26-16-15-23(35)19-22(26)14-17-28(37)34(29)24-7-3-4-8-25(24)36-33(34)40/h3-5,7-19,28-30H,2,6H2,1H3,(H,36,40)/t28-,29+,30-,34+/m1/s1. The number of fused-ring (bicyclic) bond motifs is 6. The lowest BCUT2D eigenvalue weighted by atomic mass is 9.64. The third-order valence-corrected chi connectivity index (χ3v) is 9.81. The number of Topliss-reactive ketones (excluding diaryl/α,β-unsaturated/α-hetero) is 2. The third kappa shape index (κ3) is 3.77. The minimum absolute atomic E-state index is 0.170. The second kappa shape index (κ2) is 9.82. The zero-order chi connectivity index (χ0) is 28.3. The second-order valence-electron chi connectivity index (χ2n) is 10.9. The molecule has 0 saturated carbocycles. The molecule has 1 aromatic heterocycles. The van der Waals surface area contributed by atoms with Gasteiger partial charge < -0.3 is 10.2 Å². The van der Waals surface area contributed by atoms with E-state index >= 15 is 0 Å². The molecule has 41 heavy (non-hydrogen) atoms. The van der Waals surface area contributed by atoms with E-state index in [2.05, 4.69) is 12.2 Å². The van der Waals surface area contributed by atoms with E-state index in [-0.39, 0.29) is 17.5 Å². The second-order valence-corrected chi connectivity index (χ2v) is 12.2. The number of aryl methyl sites for hydroxylation is 1. The molecule has 1 N–H and O–H groups in total. The van der Waals surface area contributed by atoms with Crippen molar-refractivity contribution < 1.29 is 14.4 Å². The van der Waals surface area contributed by atoms with Crippen LogP contribution in [0.5, 0.6) is 0 Å². The number of para-hydroxylation sites is 1. The van der Waals surface area contributed by atoms with Gasteiger partial charge in [0.15, 0.2) is 11.6 Å². The zero-order valence-corrected chi connectivity index (χ0v) is 23.9. The molecule has 4 heterocycles. The summed E-state index contributed by atoms with van der Waals surface area (Å²) in [6.45, 7) is 2.12. The number of nitrogens with zero attached hydrogens (tertiary/aromatic N) is 1. The number of benzene rings is 3. The molecule has 5 nitrogen and oxygen atoms in total. The van der Waals surface area contributed by atoms with Crippen molar-refractivity contribution >= 4 is 57.9 Å². The fraction of sp³-hybridized carbons (Fsp3) is 0.206. The Balaban J connectivity index is 1.50. The molecule has 3 aliphatic heterocycles. The van der Waals surface area contributed by atoms with Crippen LogP contribution in [0.15, 0.2) is 90.3 Å². The summed E-state index contributed by atoms with van der Waals surface area (Å²) >= 11 is 7.72. The summed E-state index contributed by atoms with van der Waals surface area (Å²) in [6, 6.07) is 22.9. The van der Waals surface area contributed by atoms with Gasteiger partial charge in [-0.2, -0.15) is 0 Å². The fourth-order valence-corrected chi connectivity index (χ4v) is 7.90. The number of hydrogen-bond donors (Lipinski definition) is 1. The van der Waals surface area contributed by atoms with Crippen molar-refractivity contribution in [3.8, 4) is 0 Å². The van der Waals surface area contributed by atoms with Gasteiger partial charge in [0.05, 0.1) is 16.8 Å². The number of nitrogens with one attached hydrogen (secondary N) is 1. The molecule has 1 spiro atoms. The summed E-state index contributed by atoms with van der Waals surface area (Å²) in [5.74, 6) is -1.63. The maximum atomic E-state index is 14.8. The van der Waals surface area contributed by atoms with Crippen molar-refractivity contribution in [1.82, 2.24) is 0 Å². The highest BCUT2D eigenvalue weighted by molar-refractivity contribution is 7.12. The summed E-state index contributed by atoms with van der Waals surface area (Å²) in [7, 11) is 0. The lowest BCUT2D eigenvalue weighted by Gasteiger charge is -2.37. The average Bonchev–Trinajstić information content (AvgIpc) is 3.70. The number of halogens is 1. The van der Waals surface area contributed by atoms with Crippen LogP contribution in [0.25, 0.3) is 6.08 Å². The Morgan fingerprint density at radius 2 is 1.80 bits per heavy atom. The van der Waals surface area contributed by atoms with Crippen molar-refractivity contribution in [2.75, 3.05) is 10.2 Å². The molecule has 7 heteroatoms. The van der Waals surface area contributed by atoms with Gasteiger partial charge in [-0.3, -0.25) is 14.4 Å². The Kier molecular flexibility index (Phi) is 6.21. The van der Waals surface area contributed by atoms with Crippen LogP contribution in [0, 0.1) is 5.92 Å². The highest BCUT2D eigenvalue weighted by Gasteiger charge is 2.70. The molecule has 0 aliphatic carbocycles. The molecule has 3 aliphatic rings. The molecule has 0 radical (unpaired) electrons. The van der Waals surface area contributed by atoms with E-state index in [1.54, 1.807) is 12.1 Å². The van der Waals surface area contributed by atoms with Gasteiger partial charge in [0, 0.05) is 22.0 Å². The van der Waals surface area contributed by atoms with Crippen LogP contribution < -0.4 is 10.2 Å². The summed E-state index contributed by atoms with van der Waals surface area (Å²) in [5, 5.41) is 5.51. The van der Waals surface area contributed by atoms with Crippen molar-refractivity contribution in [2.24, 2.45) is 5.92 Å². The van der Waals surface area contributed by atoms with Crippen LogP contribution in [0.3, 0.4) is 0 Å². The smallest absolute Gasteiger partial charge is 0.238 e. The van der Waals surface area contributed by atoms with E-state index in [1.807, 2.05) is 89.2 Å². The molecule has 0 unspecified atom stereocenters. The Hall–Kier alpha value is -4.00. The number of amides is 1. The van der Waals surface area contributed by atoms with Gasteiger partial charge in [0.1, 0.15) is 11.5 Å². The van der Waals surface area contributed by atoms with E-state index in [9.17, 15) is 14.4 Å². The fourth-order valence-electron chi connectivity index (χ4n) is 7.02. The monoisotopic (exact) mass is 578 g/mol. The number of rotatable bonds is 6. The quantitative estimate of drug-likeness (QED) is 0.246. The van der Waals surface area contributed by atoms with Gasteiger partial charge in [-0.15, -0.1) is 11.3 Å². The molecule has 1 saturated heterocycles. The van der Waals surface area contributed by atoms with Gasteiger partial charge in [-0.05, 0) is 58.8 Å². The van der Waals surface area contributed by atoms with E-state index in [0.29, 0.717) is 21.2 Å². The number of carbonyl (C=O) groups excluding carboxylic acids is 3. The van der Waals surface area contributed by atoms with Crippen LogP contribution in [0.2, 0.25) is 5.02 Å². The third-order valence-electron chi connectivity index (χ3n) is 8.69. The van der Waals surface area contributed by atoms with Crippen LogP contribution in [0.1, 0.15) is 50.1 Å². The number of anilines is 2. The van der Waals surface area contributed by atoms with E-state index < -0.39 is 23.4 Å². The van der Waals surface area contributed by atoms with Gasteiger partial charge in [0.25, 0.3) is 0 Å². The first kappa shape index (κ1) is 25.9. The molecular weight excluding hydrogens is 552 g/mol. The Morgan fingerprint density at radius 3 is 2.56 bits per heavy atom.